The second kappa shape index (κ2) is 10.9. The van der Waals surface area contributed by atoms with Gasteiger partial charge in [-0.1, -0.05) is 36.4 Å². The van der Waals surface area contributed by atoms with Crippen molar-refractivity contribution in [1.29, 1.82) is 0 Å². The van der Waals surface area contributed by atoms with Gasteiger partial charge in [0.15, 0.2) is 0 Å². The fourth-order valence-corrected chi connectivity index (χ4v) is 4.25. The van der Waals surface area contributed by atoms with Crippen LogP contribution in [-0.2, 0) is 16.1 Å². The SMILES string of the molecule is COCC(=O)Nc1ccc(N(C)C)c(CN(C(=O)c2cccs2)C(C)c2ccccc2)c1. The van der Waals surface area contributed by atoms with Crippen LogP contribution in [0.2, 0.25) is 0 Å². The van der Waals surface area contributed by atoms with Crippen molar-refractivity contribution in [2.24, 2.45) is 0 Å². The lowest BCUT2D eigenvalue weighted by Gasteiger charge is -2.31. The van der Waals surface area contributed by atoms with Gasteiger partial charge in [-0.2, -0.15) is 0 Å². The molecule has 168 valence electrons. The summed E-state index contributed by atoms with van der Waals surface area (Å²) >= 11 is 1.44. The van der Waals surface area contributed by atoms with Crippen LogP contribution in [0.4, 0.5) is 11.4 Å². The highest BCUT2D eigenvalue weighted by Gasteiger charge is 2.25. The zero-order valence-electron chi connectivity index (χ0n) is 18.9. The van der Waals surface area contributed by atoms with Gasteiger partial charge in [0.25, 0.3) is 5.91 Å². The number of thiophene rings is 1. The first-order valence-electron chi connectivity index (χ1n) is 10.4. The highest BCUT2D eigenvalue weighted by Crippen LogP contribution is 2.30. The van der Waals surface area contributed by atoms with Crippen molar-refractivity contribution in [3.05, 3.63) is 82.0 Å². The van der Waals surface area contributed by atoms with Crippen LogP contribution in [0.25, 0.3) is 0 Å². The standard InChI is InChI=1S/C25H29N3O3S/c1-18(19-9-6-5-7-10-19)28(25(30)23-11-8-14-32-23)16-20-15-21(26-24(29)17-31-4)12-13-22(20)27(2)3/h5-15,18H,16-17H2,1-4H3,(H,26,29). The number of rotatable bonds is 9. The Morgan fingerprint density at radius 2 is 1.81 bits per heavy atom. The van der Waals surface area contributed by atoms with Crippen LogP contribution in [0.15, 0.2) is 66.0 Å². The van der Waals surface area contributed by atoms with Gasteiger partial charge in [-0.15, -0.1) is 11.3 Å². The lowest BCUT2D eigenvalue weighted by molar-refractivity contribution is -0.119. The predicted molar refractivity (Wildman–Crippen MR) is 130 cm³/mol. The van der Waals surface area contributed by atoms with Crippen molar-refractivity contribution in [2.45, 2.75) is 19.5 Å². The molecule has 1 heterocycles. The number of amides is 2. The van der Waals surface area contributed by atoms with Gasteiger partial charge in [0.05, 0.1) is 10.9 Å². The second-order valence-corrected chi connectivity index (χ2v) is 8.66. The number of carbonyl (C=O) groups excluding carboxylic acids is 2. The maximum Gasteiger partial charge on any atom is 0.264 e. The minimum absolute atomic E-state index is 0.0151. The van der Waals surface area contributed by atoms with Crippen molar-refractivity contribution < 1.29 is 14.3 Å². The van der Waals surface area contributed by atoms with E-state index in [0.29, 0.717) is 17.1 Å². The first kappa shape index (κ1) is 23.5. The van der Waals surface area contributed by atoms with Crippen molar-refractivity contribution >= 4 is 34.5 Å². The minimum atomic E-state index is -0.222. The first-order valence-corrected chi connectivity index (χ1v) is 11.3. The zero-order valence-corrected chi connectivity index (χ0v) is 19.7. The van der Waals surface area contributed by atoms with E-state index >= 15 is 0 Å². The van der Waals surface area contributed by atoms with Gasteiger partial charge in [0, 0.05) is 39.1 Å². The van der Waals surface area contributed by atoms with E-state index in [9.17, 15) is 9.59 Å². The molecule has 32 heavy (non-hydrogen) atoms. The fraction of sp³-hybridized carbons (Fsp3) is 0.280. The quantitative estimate of drug-likeness (QED) is 0.508. The Hall–Kier alpha value is -3.16. The van der Waals surface area contributed by atoms with E-state index in [-0.39, 0.29) is 24.5 Å². The van der Waals surface area contributed by atoms with E-state index in [4.69, 9.17) is 4.74 Å². The predicted octanol–water partition coefficient (Wildman–Crippen LogP) is 4.80. The topological polar surface area (TPSA) is 61.9 Å². The van der Waals surface area contributed by atoms with Gasteiger partial charge >= 0.3 is 0 Å². The maximum absolute atomic E-state index is 13.5. The molecule has 0 aliphatic carbocycles. The molecule has 6 nitrogen and oxygen atoms in total. The van der Waals surface area contributed by atoms with E-state index in [2.05, 4.69) is 5.32 Å². The third kappa shape index (κ3) is 5.75. The van der Waals surface area contributed by atoms with Crippen LogP contribution in [0.5, 0.6) is 0 Å². The van der Waals surface area contributed by atoms with Crippen molar-refractivity contribution in [3.8, 4) is 0 Å². The van der Waals surface area contributed by atoms with Crippen LogP contribution < -0.4 is 10.2 Å². The van der Waals surface area contributed by atoms with Crippen molar-refractivity contribution in [1.82, 2.24) is 4.90 Å². The third-order valence-electron chi connectivity index (χ3n) is 5.20. The molecule has 3 rings (SSSR count). The lowest BCUT2D eigenvalue weighted by Crippen LogP contribution is -2.33. The molecule has 2 aromatic carbocycles. The van der Waals surface area contributed by atoms with E-state index in [0.717, 1.165) is 16.8 Å². The summed E-state index contributed by atoms with van der Waals surface area (Å²) in [6, 6.07) is 19.4. The van der Waals surface area contributed by atoms with E-state index in [1.54, 1.807) is 0 Å². The molecule has 1 N–H and O–H groups in total. The van der Waals surface area contributed by atoms with Crippen molar-refractivity contribution in [3.63, 3.8) is 0 Å². The van der Waals surface area contributed by atoms with Crippen LogP contribution >= 0.6 is 11.3 Å². The molecule has 0 radical (unpaired) electrons. The molecule has 1 aromatic heterocycles. The number of ether oxygens (including phenoxy) is 1. The number of methoxy groups -OCH3 is 1. The fourth-order valence-electron chi connectivity index (χ4n) is 3.58. The van der Waals surface area contributed by atoms with Crippen LogP contribution in [0.3, 0.4) is 0 Å². The Kier molecular flexibility index (Phi) is 8.03. The molecule has 0 aliphatic rings. The maximum atomic E-state index is 13.5. The number of anilines is 2. The lowest BCUT2D eigenvalue weighted by atomic mass is 10.0. The monoisotopic (exact) mass is 451 g/mol. The highest BCUT2D eigenvalue weighted by molar-refractivity contribution is 7.12. The number of nitrogens with one attached hydrogen (secondary N) is 1. The van der Waals surface area contributed by atoms with Gasteiger partial charge < -0.3 is 19.9 Å². The summed E-state index contributed by atoms with van der Waals surface area (Å²) in [7, 11) is 5.42. The van der Waals surface area contributed by atoms with Crippen LogP contribution in [-0.4, -0.2) is 44.5 Å². The van der Waals surface area contributed by atoms with Gasteiger partial charge in [-0.05, 0) is 47.7 Å². The summed E-state index contributed by atoms with van der Waals surface area (Å²) in [5.41, 5.74) is 3.66. The molecule has 2 amide bonds. The molecular formula is C25H29N3O3S. The molecule has 0 bridgehead atoms. The molecule has 0 saturated heterocycles. The Bertz CT molecular complexity index is 1040. The Balaban J connectivity index is 1.98. The molecule has 3 aromatic rings. The summed E-state index contributed by atoms with van der Waals surface area (Å²) in [4.78, 5) is 30.1. The third-order valence-corrected chi connectivity index (χ3v) is 6.06. The van der Waals surface area contributed by atoms with Gasteiger partial charge in [0.1, 0.15) is 6.61 Å². The van der Waals surface area contributed by atoms with Crippen LogP contribution in [0.1, 0.15) is 33.8 Å². The first-order chi connectivity index (χ1) is 15.4. The van der Waals surface area contributed by atoms with E-state index < -0.39 is 0 Å². The van der Waals surface area contributed by atoms with Crippen molar-refractivity contribution in [2.75, 3.05) is 38.0 Å². The molecule has 0 spiro atoms. The van der Waals surface area contributed by atoms with Crippen LogP contribution in [0, 0.1) is 0 Å². The van der Waals surface area contributed by atoms with Gasteiger partial charge in [-0.3, -0.25) is 9.59 Å². The normalized spacial score (nSPS) is 11.6. The second-order valence-electron chi connectivity index (χ2n) is 7.72. The minimum Gasteiger partial charge on any atom is -0.377 e. The zero-order chi connectivity index (χ0) is 23.1. The summed E-state index contributed by atoms with van der Waals surface area (Å²) in [6.45, 7) is 2.42. The molecule has 0 fully saturated rings. The molecule has 1 atom stereocenters. The summed E-state index contributed by atoms with van der Waals surface area (Å²) in [5.74, 6) is -0.241. The van der Waals surface area contributed by atoms with Gasteiger partial charge in [0.2, 0.25) is 5.91 Å². The molecule has 0 saturated carbocycles. The summed E-state index contributed by atoms with van der Waals surface area (Å²) in [6.07, 6.45) is 0. The Morgan fingerprint density at radius 1 is 1.06 bits per heavy atom. The molecule has 7 heteroatoms. The number of carbonyl (C=O) groups is 2. The summed E-state index contributed by atoms with van der Waals surface area (Å²) < 4.78 is 4.91. The number of benzene rings is 2. The number of hydrogen-bond donors (Lipinski definition) is 1. The van der Waals surface area contributed by atoms with Gasteiger partial charge in [-0.25, -0.2) is 0 Å². The molecule has 1 unspecified atom stereocenters. The van der Waals surface area contributed by atoms with E-state index in [1.807, 2.05) is 96.9 Å². The highest BCUT2D eigenvalue weighted by atomic mass is 32.1. The average Bonchev–Trinajstić information content (AvgIpc) is 3.32. The largest absolute Gasteiger partial charge is 0.377 e. The number of hydrogen-bond acceptors (Lipinski definition) is 5. The number of nitrogens with zero attached hydrogens (tertiary/aromatic N) is 2. The Labute approximate surface area is 193 Å². The molecule has 0 aliphatic heterocycles. The Morgan fingerprint density at radius 3 is 2.44 bits per heavy atom. The average molecular weight is 452 g/mol. The molecular weight excluding hydrogens is 422 g/mol. The smallest absolute Gasteiger partial charge is 0.264 e. The summed E-state index contributed by atoms with van der Waals surface area (Å²) in [5, 5.41) is 4.77. The van der Waals surface area contributed by atoms with E-state index in [1.165, 1.54) is 18.4 Å².